The molecule has 0 spiro atoms. The van der Waals surface area contributed by atoms with Crippen molar-refractivity contribution in [3.05, 3.63) is 28.4 Å². The summed E-state index contributed by atoms with van der Waals surface area (Å²) >= 11 is 3.31. The van der Waals surface area contributed by atoms with Gasteiger partial charge in [-0.3, -0.25) is 4.79 Å². The molecule has 0 radical (unpaired) electrons. The molecule has 1 amide bonds. The van der Waals surface area contributed by atoms with E-state index in [1.807, 2.05) is 6.07 Å². The number of carbonyl (C=O) groups excluding carboxylic acids is 1. The largest absolute Gasteiger partial charge is 0.481 e. The zero-order chi connectivity index (χ0) is 12.1. The molecule has 0 N–H and O–H groups in total. The molecule has 0 unspecified atom stereocenters. The third-order valence-electron chi connectivity index (χ3n) is 1.89. The van der Waals surface area contributed by atoms with Crippen molar-refractivity contribution in [3.8, 4) is 5.88 Å². The van der Waals surface area contributed by atoms with Crippen molar-refractivity contribution in [2.45, 2.75) is 0 Å². The van der Waals surface area contributed by atoms with Crippen LogP contribution in [0.5, 0.6) is 5.88 Å². The number of pyridine rings is 1. The number of halogens is 1. The first-order chi connectivity index (χ1) is 7.54. The minimum atomic E-state index is -0.0815. The van der Waals surface area contributed by atoms with E-state index in [1.165, 1.54) is 11.0 Å². The molecule has 0 aromatic carbocycles. The lowest BCUT2D eigenvalue weighted by molar-refractivity contribution is -0.123. The highest BCUT2D eigenvalue weighted by Crippen LogP contribution is 2.20. The lowest BCUT2D eigenvalue weighted by Gasteiger charge is -2.06. The Kier molecular flexibility index (Phi) is 4.49. The smallest absolute Gasteiger partial charge is 0.246 e. The van der Waals surface area contributed by atoms with E-state index in [1.54, 1.807) is 33.5 Å². The highest BCUT2D eigenvalue weighted by atomic mass is 79.9. The summed E-state index contributed by atoms with van der Waals surface area (Å²) < 4.78 is 5.92. The second kappa shape index (κ2) is 5.65. The molecule has 0 atom stereocenters. The van der Waals surface area contributed by atoms with Gasteiger partial charge in [-0.1, -0.05) is 0 Å². The third-order valence-corrected chi connectivity index (χ3v) is 2.32. The molecule has 1 rings (SSSR count). The number of carbonyl (C=O) groups is 1. The van der Waals surface area contributed by atoms with Crippen molar-refractivity contribution in [2.24, 2.45) is 0 Å². The maximum Gasteiger partial charge on any atom is 0.246 e. The SMILES string of the molecule is COc1ncc(Br)cc1C=CC(=O)N(C)C. The summed E-state index contributed by atoms with van der Waals surface area (Å²) in [7, 11) is 4.94. The van der Waals surface area contributed by atoms with Gasteiger partial charge in [0, 0.05) is 36.4 Å². The first kappa shape index (κ1) is 12.7. The number of methoxy groups -OCH3 is 1. The number of amides is 1. The Morgan fingerprint density at radius 1 is 1.56 bits per heavy atom. The summed E-state index contributed by atoms with van der Waals surface area (Å²) in [5.74, 6) is 0.410. The molecule has 0 aliphatic heterocycles. The Balaban J connectivity index is 2.95. The van der Waals surface area contributed by atoms with E-state index in [0.717, 1.165) is 10.0 Å². The van der Waals surface area contributed by atoms with Crippen molar-refractivity contribution in [1.29, 1.82) is 0 Å². The van der Waals surface area contributed by atoms with Gasteiger partial charge in [-0.2, -0.15) is 0 Å². The fourth-order valence-corrected chi connectivity index (χ4v) is 1.39. The highest BCUT2D eigenvalue weighted by Gasteiger charge is 2.03. The molecule has 0 bridgehead atoms. The fourth-order valence-electron chi connectivity index (χ4n) is 1.04. The van der Waals surface area contributed by atoms with Crippen molar-refractivity contribution in [2.75, 3.05) is 21.2 Å². The topological polar surface area (TPSA) is 42.4 Å². The van der Waals surface area contributed by atoms with E-state index >= 15 is 0 Å². The lowest BCUT2D eigenvalue weighted by atomic mass is 10.2. The molecule has 0 saturated carbocycles. The van der Waals surface area contributed by atoms with Crippen LogP contribution in [-0.2, 0) is 4.79 Å². The normalized spacial score (nSPS) is 10.5. The summed E-state index contributed by atoms with van der Waals surface area (Å²) in [6.45, 7) is 0. The minimum absolute atomic E-state index is 0.0815. The van der Waals surface area contributed by atoms with E-state index in [4.69, 9.17) is 4.74 Å². The summed E-state index contributed by atoms with van der Waals surface area (Å²) in [4.78, 5) is 16.9. The van der Waals surface area contributed by atoms with Gasteiger partial charge in [-0.15, -0.1) is 0 Å². The quantitative estimate of drug-likeness (QED) is 0.797. The van der Waals surface area contributed by atoms with Crippen molar-refractivity contribution in [3.63, 3.8) is 0 Å². The monoisotopic (exact) mass is 284 g/mol. The molecule has 0 fully saturated rings. The van der Waals surface area contributed by atoms with Crippen LogP contribution in [0.3, 0.4) is 0 Å². The number of rotatable bonds is 3. The maximum atomic E-state index is 11.4. The van der Waals surface area contributed by atoms with Gasteiger partial charge in [-0.25, -0.2) is 4.98 Å². The summed E-state index contributed by atoms with van der Waals surface area (Å²) in [5, 5.41) is 0. The second-order valence-electron chi connectivity index (χ2n) is 3.32. The Hall–Kier alpha value is -1.36. The van der Waals surface area contributed by atoms with E-state index in [0.29, 0.717) is 5.88 Å². The van der Waals surface area contributed by atoms with Crippen molar-refractivity contribution in [1.82, 2.24) is 9.88 Å². The Morgan fingerprint density at radius 2 is 2.25 bits per heavy atom. The van der Waals surface area contributed by atoms with Crippen LogP contribution in [0.2, 0.25) is 0 Å². The predicted octanol–water partition coefficient (Wildman–Crippen LogP) is 1.95. The van der Waals surface area contributed by atoms with Crippen LogP contribution >= 0.6 is 15.9 Å². The first-order valence-electron chi connectivity index (χ1n) is 4.63. The molecule has 1 aromatic rings. The highest BCUT2D eigenvalue weighted by molar-refractivity contribution is 9.10. The van der Waals surface area contributed by atoms with Crippen molar-refractivity contribution >= 4 is 27.9 Å². The summed E-state index contributed by atoms with van der Waals surface area (Å²) in [6, 6.07) is 1.84. The van der Waals surface area contributed by atoms with Crippen LogP contribution in [0.4, 0.5) is 0 Å². The van der Waals surface area contributed by atoms with E-state index in [-0.39, 0.29) is 5.91 Å². The van der Waals surface area contributed by atoms with Gasteiger partial charge in [0.1, 0.15) is 0 Å². The number of ether oxygens (including phenoxy) is 1. The van der Waals surface area contributed by atoms with Crippen LogP contribution in [0.15, 0.2) is 22.8 Å². The number of nitrogens with zero attached hydrogens (tertiary/aromatic N) is 2. The molecule has 1 aromatic heterocycles. The van der Waals surface area contributed by atoms with Crippen LogP contribution < -0.4 is 4.74 Å². The van der Waals surface area contributed by atoms with Crippen LogP contribution in [0, 0.1) is 0 Å². The maximum absolute atomic E-state index is 11.4. The van der Waals surface area contributed by atoms with Gasteiger partial charge in [-0.05, 0) is 28.1 Å². The zero-order valence-corrected chi connectivity index (χ0v) is 11.0. The first-order valence-corrected chi connectivity index (χ1v) is 5.43. The Morgan fingerprint density at radius 3 is 2.81 bits per heavy atom. The van der Waals surface area contributed by atoms with Crippen LogP contribution in [-0.4, -0.2) is 37.0 Å². The molecular formula is C11H13BrN2O2. The number of hydrogen-bond donors (Lipinski definition) is 0. The summed E-state index contributed by atoms with van der Waals surface area (Å²) in [6.07, 6.45) is 4.80. The molecule has 1 heterocycles. The number of likely N-dealkylation sites (N-methyl/N-ethyl adjacent to an activating group) is 1. The third kappa shape index (κ3) is 3.34. The number of hydrogen-bond acceptors (Lipinski definition) is 3. The lowest BCUT2D eigenvalue weighted by Crippen LogP contribution is -2.18. The van der Waals surface area contributed by atoms with E-state index in [9.17, 15) is 4.79 Å². The number of aromatic nitrogens is 1. The van der Waals surface area contributed by atoms with Gasteiger partial charge < -0.3 is 9.64 Å². The van der Waals surface area contributed by atoms with Crippen molar-refractivity contribution < 1.29 is 9.53 Å². The fraction of sp³-hybridized carbons (Fsp3) is 0.273. The Labute approximate surface area is 103 Å². The molecule has 0 aliphatic rings. The second-order valence-corrected chi connectivity index (χ2v) is 4.23. The van der Waals surface area contributed by atoms with Gasteiger partial charge in [0.05, 0.1) is 7.11 Å². The van der Waals surface area contributed by atoms with E-state index in [2.05, 4.69) is 20.9 Å². The van der Waals surface area contributed by atoms with Gasteiger partial charge in [0.25, 0.3) is 0 Å². The zero-order valence-electron chi connectivity index (χ0n) is 9.40. The minimum Gasteiger partial charge on any atom is -0.481 e. The Bertz CT molecular complexity index is 416. The molecule has 0 saturated heterocycles. The van der Waals surface area contributed by atoms with Gasteiger partial charge >= 0.3 is 0 Å². The predicted molar refractivity (Wildman–Crippen MR) is 66.2 cm³/mol. The average molecular weight is 285 g/mol. The molecule has 16 heavy (non-hydrogen) atoms. The van der Waals surface area contributed by atoms with Gasteiger partial charge in [0.15, 0.2) is 0 Å². The average Bonchev–Trinajstić information content (AvgIpc) is 2.25. The summed E-state index contributed by atoms with van der Waals surface area (Å²) in [5.41, 5.74) is 0.757. The van der Waals surface area contributed by atoms with E-state index < -0.39 is 0 Å². The van der Waals surface area contributed by atoms with Crippen LogP contribution in [0.25, 0.3) is 6.08 Å². The standard InChI is InChI=1S/C11H13BrN2O2/c1-14(2)10(15)5-4-8-6-9(12)7-13-11(8)16-3/h4-7H,1-3H3. The molecular weight excluding hydrogens is 272 g/mol. The van der Waals surface area contributed by atoms with Crippen LogP contribution in [0.1, 0.15) is 5.56 Å². The molecule has 86 valence electrons. The molecule has 5 heteroatoms. The van der Waals surface area contributed by atoms with Gasteiger partial charge in [0.2, 0.25) is 11.8 Å². The molecule has 4 nitrogen and oxygen atoms in total. The molecule has 0 aliphatic carbocycles.